The van der Waals surface area contributed by atoms with Gasteiger partial charge in [-0.1, -0.05) is 60.7 Å². The van der Waals surface area contributed by atoms with Crippen molar-refractivity contribution in [3.8, 4) is 11.1 Å². The van der Waals surface area contributed by atoms with E-state index in [4.69, 9.17) is 15.9 Å². The predicted octanol–water partition coefficient (Wildman–Crippen LogP) is 5.43. The first-order valence-electron chi connectivity index (χ1n) is 12.3. The zero-order chi connectivity index (χ0) is 28.5. The fourth-order valence-electron chi connectivity index (χ4n) is 3.95. The summed E-state index contributed by atoms with van der Waals surface area (Å²) in [5.41, 5.74) is 9.56. The molecule has 0 atom stereocenters. The fraction of sp³-hybridized carbons (Fsp3) is 0.0625. The highest BCUT2D eigenvalue weighted by Crippen LogP contribution is 2.30. The molecule has 0 fully saturated rings. The summed E-state index contributed by atoms with van der Waals surface area (Å²) in [7, 11) is 1.28. The molecule has 0 heterocycles. The van der Waals surface area contributed by atoms with Crippen LogP contribution in [0.2, 0.25) is 0 Å². The third-order valence-corrected chi connectivity index (χ3v) is 6.00. The smallest absolute Gasteiger partial charge is 0.339 e. The van der Waals surface area contributed by atoms with Gasteiger partial charge in [-0.3, -0.25) is 10.2 Å². The van der Waals surface area contributed by atoms with Crippen molar-refractivity contribution in [1.29, 1.82) is 5.41 Å². The number of hydrogen-bond acceptors (Lipinski definition) is 6. The molecular weight excluding hydrogens is 506 g/mol. The van der Waals surface area contributed by atoms with Crippen molar-refractivity contribution >= 4 is 35.4 Å². The van der Waals surface area contributed by atoms with E-state index in [1.165, 1.54) is 19.3 Å². The standard InChI is InChI=1S/C32H27N3O5/c1-39-29(36)18-12-21-11-17-26(28(19-21)31(37)35-24-15-13-23(14-16-24)30(33)34)25-9-5-6-10-27(25)32(38)40-20-22-7-3-2-4-8-22/h2-19H,20H2,1H3,(H3,33,34)(H,35,37). The minimum Gasteiger partial charge on any atom is -0.466 e. The van der Waals surface area contributed by atoms with Crippen molar-refractivity contribution in [1.82, 2.24) is 0 Å². The highest BCUT2D eigenvalue weighted by atomic mass is 16.5. The maximum absolute atomic E-state index is 13.6. The van der Waals surface area contributed by atoms with Crippen molar-refractivity contribution in [2.75, 3.05) is 12.4 Å². The summed E-state index contributed by atoms with van der Waals surface area (Å²) in [5, 5.41) is 10.4. The average Bonchev–Trinajstić information content (AvgIpc) is 2.99. The topological polar surface area (TPSA) is 132 Å². The number of amidine groups is 1. The van der Waals surface area contributed by atoms with Crippen LogP contribution in [0.5, 0.6) is 0 Å². The van der Waals surface area contributed by atoms with Gasteiger partial charge < -0.3 is 20.5 Å². The van der Waals surface area contributed by atoms with Gasteiger partial charge in [-0.05, 0) is 64.7 Å². The van der Waals surface area contributed by atoms with E-state index in [1.54, 1.807) is 66.7 Å². The number of anilines is 1. The van der Waals surface area contributed by atoms with Crippen LogP contribution in [0.15, 0.2) is 103 Å². The number of amides is 1. The fourth-order valence-corrected chi connectivity index (χ4v) is 3.95. The van der Waals surface area contributed by atoms with Gasteiger partial charge in [-0.2, -0.15) is 0 Å². The second-order valence-electron chi connectivity index (χ2n) is 8.71. The minimum atomic E-state index is -0.535. The Morgan fingerprint density at radius 3 is 2.23 bits per heavy atom. The molecule has 8 nitrogen and oxygen atoms in total. The van der Waals surface area contributed by atoms with Crippen LogP contribution in [0, 0.1) is 5.41 Å². The molecule has 0 radical (unpaired) electrons. The van der Waals surface area contributed by atoms with Crippen LogP contribution in [0.3, 0.4) is 0 Å². The Morgan fingerprint density at radius 2 is 1.52 bits per heavy atom. The summed E-state index contributed by atoms with van der Waals surface area (Å²) < 4.78 is 10.2. The number of esters is 2. The van der Waals surface area contributed by atoms with Crippen molar-refractivity contribution in [2.24, 2.45) is 5.73 Å². The molecule has 8 heteroatoms. The van der Waals surface area contributed by atoms with E-state index in [9.17, 15) is 14.4 Å². The molecule has 4 aromatic carbocycles. The molecule has 0 spiro atoms. The third kappa shape index (κ3) is 6.87. The Kier molecular flexibility index (Phi) is 8.84. The number of carbonyl (C=O) groups excluding carboxylic acids is 3. The lowest BCUT2D eigenvalue weighted by molar-refractivity contribution is -0.134. The summed E-state index contributed by atoms with van der Waals surface area (Å²) in [6, 6.07) is 27.9. The first kappa shape index (κ1) is 27.5. The van der Waals surface area contributed by atoms with Gasteiger partial charge in [-0.25, -0.2) is 9.59 Å². The van der Waals surface area contributed by atoms with Crippen LogP contribution in [0.4, 0.5) is 5.69 Å². The third-order valence-electron chi connectivity index (χ3n) is 6.00. The van der Waals surface area contributed by atoms with Gasteiger partial charge in [0.2, 0.25) is 0 Å². The molecule has 4 aromatic rings. The molecule has 4 N–H and O–H groups in total. The molecule has 0 aromatic heterocycles. The summed E-state index contributed by atoms with van der Waals surface area (Å²) in [6.07, 6.45) is 2.79. The number of nitrogens with one attached hydrogen (secondary N) is 2. The second kappa shape index (κ2) is 12.8. The summed E-state index contributed by atoms with van der Waals surface area (Å²) in [6.45, 7) is 0.106. The van der Waals surface area contributed by atoms with E-state index in [0.717, 1.165) is 5.56 Å². The van der Waals surface area contributed by atoms with E-state index in [-0.39, 0.29) is 18.0 Å². The normalized spacial score (nSPS) is 10.6. The maximum Gasteiger partial charge on any atom is 0.339 e. The molecule has 0 aliphatic carbocycles. The van der Waals surface area contributed by atoms with Crippen molar-refractivity contribution < 1.29 is 23.9 Å². The molecule has 4 rings (SSSR count). The Morgan fingerprint density at radius 1 is 0.850 bits per heavy atom. The van der Waals surface area contributed by atoms with Crippen molar-refractivity contribution in [3.05, 3.63) is 131 Å². The molecular formula is C32H27N3O5. The summed E-state index contributed by atoms with van der Waals surface area (Å²) >= 11 is 0. The van der Waals surface area contributed by atoms with E-state index >= 15 is 0 Å². The average molecular weight is 534 g/mol. The molecule has 0 bridgehead atoms. The van der Waals surface area contributed by atoms with E-state index < -0.39 is 17.8 Å². The summed E-state index contributed by atoms with van der Waals surface area (Å²) in [4.78, 5) is 38.3. The quantitative estimate of drug-likeness (QED) is 0.114. The lowest BCUT2D eigenvalue weighted by Gasteiger charge is -2.15. The minimum absolute atomic E-state index is 0.0824. The SMILES string of the molecule is COC(=O)C=Cc1ccc(-c2ccccc2C(=O)OCc2ccccc2)c(C(=O)Nc2ccc(C(=N)N)cc2)c1. The number of ether oxygens (including phenoxy) is 2. The molecule has 1 amide bonds. The molecule has 0 saturated heterocycles. The number of methoxy groups -OCH3 is 1. The van der Waals surface area contributed by atoms with E-state index in [0.29, 0.717) is 33.5 Å². The monoisotopic (exact) mass is 533 g/mol. The Balaban J connectivity index is 1.70. The van der Waals surface area contributed by atoms with Gasteiger partial charge in [0, 0.05) is 22.9 Å². The van der Waals surface area contributed by atoms with Gasteiger partial charge in [-0.15, -0.1) is 0 Å². The van der Waals surface area contributed by atoms with Crippen molar-refractivity contribution in [2.45, 2.75) is 6.61 Å². The number of nitrogen functional groups attached to an aromatic ring is 1. The largest absolute Gasteiger partial charge is 0.466 e. The van der Waals surface area contributed by atoms with Crippen LogP contribution in [0.1, 0.15) is 37.4 Å². The van der Waals surface area contributed by atoms with Gasteiger partial charge in [0.25, 0.3) is 5.91 Å². The number of benzene rings is 4. The first-order chi connectivity index (χ1) is 19.4. The van der Waals surface area contributed by atoms with Crippen LogP contribution >= 0.6 is 0 Å². The van der Waals surface area contributed by atoms with Gasteiger partial charge in [0.15, 0.2) is 0 Å². The van der Waals surface area contributed by atoms with Crippen LogP contribution in [-0.4, -0.2) is 30.8 Å². The number of hydrogen-bond donors (Lipinski definition) is 3. The van der Waals surface area contributed by atoms with Gasteiger partial charge in [0.1, 0.15) is 12.4 Å². The van der Waals surface area contributed by atoms with Crippen LogP contribution in [-0.2, 0) is 20.9 Å². The first-order valence-corrected chi connectivity index (χ1v) is 12.3. The Labute approximate surface area is 231 Å². The predicted molar refractivity (Wildman–Crippen MR) is 154 cm³/mol. The van der Waals surface area contributed by atoms with Gasteiger partial charge >= 0.3 is 11.9 Å². The van der Waals surface area contributed by atoms with Crippen molar-refractivity contribution in [3.63, 3.8) is 0 Å². The molecule has 0 aliphatic rings. The maximum atomic E-state index is 13.6. The zero-order valence-electron chi connectivity index (χ0n) is 21.7. The van der Waals surface area contributed by atoms with E-state index in [2.05, 4.69) is 10.1 Å². The lowest BCUT2D eigenvalue weighted by atomic mass is 9.93. The van der Waals surface area contributed by atoms with Gasteiger partial charge in [0.05, 0.1) is 12.7 Å². The number of nitrogens with two attached hydrogens (primary N) is 1. The molecule has 0 saturated carbocycles. The number of carbonyl (C=O) groups is 3. The lowest BCUT2D eigenvalue weighted by Crippen LogP contribution is -2.15. The zero-order valence-corrected chi connectivity index (χ0v) is 21.7. The number of rotatable bonds is 9. The highest BCUT2D eigenvalue weighted by Gasteiger charge is 2.20. The van der Waals surface area contributed by atoms with E-state index in [1.807, 2.05) is 30.3 Å². The highest BCUT2D eigenvalue weighted by molar-refractivity contribution is 6.11. The molecule has 0 aliphatic heterocycles. The molecule has 200 valence electrons. The van der Waals surface area contributed by atoms with Crippen LogP contribution in [0.25, 0.3) is 17.2 Å². The summed E-state index contributed by atoms with van der Waals surface area (Å²) in [5.74, 6) is -1.58. The Bertz CT molecular complexity index is 1580. The Hall–Kier alpha value is -5.50. The second-order valence-corrected chi connectivity index (χ2v) is 8.71. The molecule has 0 unspecified atom stereocenters. The van der Waals surface area contributed by atoms with Crippen LogP contribution < -0.4 is 11.1 Å². The molecule has 40 heavy (non-hydrogen) atoms.